The van der Waals surface area contributed by atoms with Gasteiger partial charge < -0.3 is 20.4 Å². The Morgan fingerprint density at radius 2 is 1.55 bits per heavy atom. The highest BCUT2D eigenvalue weighted by atomic mass is 19.4. The number of piperazine rings is 1. The molecule has 13 heteroatoms. The van der Waals surface area contributed by atoms with Gasteiger partial charge in [0.25, 0.3) is 0 Å². The second kappa shape index (κ2) is 11.9. The molecule has 1 fully saturated rings. The van der Waals surface area contributed by atoms with E-state index in [1.807, 2.05) is 9.80 Å². The van der Waals surface area contributed by atoms with E-state index in [1.54, 1.807) is 30.3 Å². The highest BCUT2D eigenvalue weighted by Crippen LogP contribution is 2.36. The molecule has 1 unspecified atom stereocenters. The minimum atomic E-state index is -4.93. The monoisotopic (exact) mass is 545 g/mol. The first-order chi connectivity index (χ1) is 17.8. The molecule has 7 nitrogen and oxygen atoms in total. The summed E-state index contributed by atoms with van der Waals surface area (Å²) in [6.07, 6.45) is -10.1. The first-order valence-electron chi connectivity index (χ1n) is 11.7. The Bertz CT molecular complexity index is 1080. The minimum Gasteiger partial charge on any atom is -0.396 e. The van der Waals surface area contributed by atoms with Gasteiger partial charge in [0.05, 0.1) is 11.1 Å². The molecule has 1 aliphatic heterocycles. The maximum Gasteiger partial charge on any atom is 0.416 e. The number of carbonyl (C=O) groups excluding carboxylic acids is 1. The van der Waals surface area contributed by atoms with E-state index in [0.29, 0.717) is 38.3 Å². The zero-order valence-electron chi connectivity index (χ0n) is 20.9. The van der Waals surface area contributed by atoms with E-state index in [2.05, 4.69) is 5.16 Å². The lowest BCUT2D eigenvalue weighted by Gasteiger charge is -2.40. The largest absolute Gasteiger partial charge is 0.416 e. The summed E-state index contributed by atoms with van der Waals surface area (Å²) in [5.74, 6) is -0.114. The van der Waals surface area contributed by atoms with Crippen molar-refractivity contribution < 1.29 is 36.0 Å². The number of hydrogen-bond donors (Lipinski definition) is 1. The Morgan fingerprint density at radius 1 is 1.00 bits per heavy atom. The number of carbonyl (C=O) groups is 1. The molecule has 1 amide bonds. The SMILES string of the molecule is CON=C(N)N1CCN(C(C(=O)N(C)CCc2cc(C(F)(F)F)cc(C(F)(F)F)c2)c2ccccc2)CC1. The smallest absolute Gasteiger partial charge is 0.396 e. The normalized spacial score (nSPS) is 16.3. The standard InChI is InChI=1S/C25H29F6N5O2/c1-34(9-8-17-14-19(24(26,27)28)16-20(15-17)25(29,30)31)22(37)21(18-6-4-3-5-7-18)35-10-12-36(13-11-35)23(32)33-38-2/h3-7,14-16,21H,8-13H2,1-2H3,(H2,32,33). The van der Waals surface area contributed by atoms with Gasteiger partial charge >= 0.3 is 12.4 Å². The lowest BCUT2D eigenvalue weighted by atomic mass is 10.0. The van der Waals surface area contributed by atoms with Crippen molar-refractivity contribution in [2.45, 2.75) is 24.8 Å². The van der Waals surface area contributed by atoms with Crippen LogP contribution in [0.5, 0.6) is 0 Å². The molecule has 0 spiro atoms. The van der Waals surface area contributed by atoms with Crippen LogP contribution in [-0.2, 0) is 28.4 Å². The number of nitrogens with zero attached hydrogens (tertiary/aromatic N) is 4. The van der Waals surface area contributed by atoms with Crippen LogP contribution in [0.2, 0.25) is 0 Å². The first-order valence-corrected chi connectivity index (χ1v) is 11.7. The predicted octanol–water partition coefficient (Wildman–Crippen LogP) is 3.96. The molecule has 3 rings (SSSR count). The van der Waals surface area contributed by atoms with Crippen LogP contribution in [0.4, 0.5) is 26.3 Å². The summed E-state index contributed by atoms with van der Waals surface area (Å²) in [5, 5.41) is 3.72. The molecule has 208 valence electrons. The number of oxime groups is 1. The number of rotatable bonds is 7. The van der Waals surface area contributed by atoms with Crippen LogP contribution in [0.25, 0.3) is 0 Å². The van der Waals surface area contributed by atoms with E-state index in [4.69, 9.17) is 10.6 Å². The number of likely N-dealkylation sites (N-methyl/N-ethyl adjacent to an activating group) is 1. The molecule has 0 radical (unpaired) electrons. The second-order valence-electron chi connectivity index (χ2n) is 8.89. The Hall–Kier alpha value is -3.48. The third-order valence-corrected chi connectivity index (χ3v) is 6.30. The average Bonchev–Trinajstić information content (AvgIpc) is 2.87. The molecule has 0 bridgehead atoms. The molecule has 2 aromatic carbocycles. The highest BCUT2D eigenvalue weighted by Gasteiger charge is 2.37. The van der Waals surface area contributed by atoms with Crippen molar-refractivity contribution in [1.82, 2.24) is 14.7 Å². The molecule has 2 N–H and O–H groups in total. The molecular weight excluding hydrogens is 516 g/mol. The van der Waals surface area contributed by atoms with E-state index < -0.39 is 29.5 Å². The van der Waals surface area contributed by atoms with Crippen molar-refractivity contribution in [1.29, 1.82) is 0 Å². The molecule has 0 saturated carbocycles. The van der Waals surface area contributed by atoms with Gasteiger partial charge in [-0.1, -0.05) is 30.3 Å². The fraction of sp³-hybridized carbons (Fsp3) is 0.440. The Kier molecular flexibility index (Phi) is 9.13. The summed E-state index contributed by atoms with van der Waals surface area (Å²) in [4.78, 5) is 23.4. The fourth-order valence-electron chi connectivity index (χ4n) is 4.28. The maximum absolute atomic E-state index is 13.6. The molecule has 1 aliphatic rings. The Balaban J connectivity index is 1.78. The van der Waals surface area contributed by atoms with Gasteiger partial charge in [0.1, 0.15) is 13.2 Å². The number of benzene rings is 2. The molecular formula is C25H29F6N5O2. The lowest BCUT2D eigenvalue weighted by molar-refractivity contribution is -0.143. The van der Waals surface area contributed by atoms with Crippen molar-refractivity contribution in [2.24, 2.45) is 10.9 Å². The zero-order valence-corrected chi connectivity index (χ0v) is 20.9. The summed E-state index contributed by atoms with van der Waals surface area (Å²) in [5.41, 5.74) is 3.68. The topological polar surface area (TPSA) is 74.4 Å². The number of halogens is 6. The molecule has 0 aliphatic carbocycles. The van der Waals surface area contributed by atoms with Gasteiger partial charge in [-0.05, 0) is 40.9 Å². The lowest BCUT2D eigenvalue weighted by Crippen LogP contribution is -2.54. The Labute approximate surface area is 216 Å². The molecule has 1 saturated heterocycles. The summed E-state index contributed by atoms with van der Waals surface area (Å²) in [6, 6.07) is 9.75. The van der Waals surface area contributed by atoms with Gasteiger partial charge in [-0.3, -0.25) is 9.69 Å². The fourth-order valence-corrected chi connectivity index (χ4v) is 4.28. The van der Waals surface area contributed by atoms with Gasteiger partial charge in [-0.15, -0.1) is 0 Å². The highest BCUT2D eigenvalue weighted by molar-refractivity contribution is 5.83. The van der Waals surface area contributed by atoms with Crippen LogP contribution >= 0.6 is 0 Å². The van der Waals surface area contributed by atoms with Crippen molar-refractivity contribution in [3.05, 3.63) is 70.8 Å². The van der Waals surface area contributed by atoms with Crippen LogP contribution < -0.4 is 5.73 Å². The number of alkyl halides is 6. The summed E-state index contributed by atoms with van der Waals surface area (Å²) >= 11 is 0. The van der Waals surface area contributed by atoms with E-state index >= 15 is 0 Å². The van der Waals surface area contributed by atoms with Crippen molar-refractivity contribution in [3.8, 4) is 0 Å². The third kappa shape index (κ3) is 7.30. The molecule has 38 heavy (non-hydrogen) atoms. The van der Waals surface area contributed by atoms with Crippen molar-refractivity contribution in [3.63, 3.8) is 0 Å². The number of nitrogens with two attached hydrogens (primary N) is 1. The van der Waals surface area contributed by atoms with Crippen molar-refractivity contribution >= 4 is 11.9 Å². The summed E-state index contributed by atoms with van der Waals surface area (Å²) < 4.78 is 79.3. The van der Waals surface area contributed by atoms with E-state index in [0.717, 1.165) is 5.56 Å². The van der Waals surface area contributed by atoms with Gasteiger partial charge in [0.2, 0.25) is 11.9 Å². The second-order valence-corrected chi connectivity index (χ2v) is 8.89. The minimum absolute atomic E-state index is 0.0752. The summed E-state index contributed by atoms with van der Waals surface area (Å²) in [6.45, 7) is 1.80. The molecule has 1 heterocycles. The van der Waals surface area contributed by atoms with Gasteiger partial charge in [0, 0.05) is 39.8 Å². The first kappa shape index (κ1) is 29.1. The van der Waals surface area contributed by atoms with Gasteiger partial charge in [-0.2, -0.15) is 26.3 Å². The van der Waals surface area contributed by atoms with E-state index in [-0.39, 0.29) is 36.5 Å². The third-order valence-electron chi connectivity index (χ3n) is 6.30. The number of guanidine groups is 1. The number of amides is 1. The summed E-state index contributed by atoms with van der Waals surface area (Å²) in [7, 11) is 2.86. The van der Waals surface area contributed by atoms with E-state index in [1.165, 1.54) is 19.1 Å². The van der Waals surface area contributed by atoms with Crippen LogP contribution in [0.1, 0.15) is 28.3 Å². The van der Waals surface area contributed by atoms with Crippen molar-refractivity contribution in [2.75, 3.05) is 46.9 Å². The van der Waals surface area contributed by atoms with E-state index in [9.17, 15) is 31.1 Å². The van der Waals surface area contributed by atoms with Crippen LogP contribution in [0.15, 0.2) is 53.7 Å². The quantitative estimate of drug-likeness (QED) is 0.247. The van der Waals surface area contributed by atoms with Crippen LogP contribution in [0.3, 0.4) is 0 Å². The van der Waals surface area contributed by atoms with Gasteiger partial charge in [-0.25, -0.2) is 0 Å². The van der Waals surface area contributed by atoms with Gasteiger partial charge in [0.15, 0.2) is 0 Å². The molecule has 1 atom stereocenters. The Morgan fingerprint density at radius 3 is 2.05 bits per heavy atom. The molecule has 0 aromatic heterocycles. The number of hydrogen-bond acceptors (Lipinski definition) is 4. The molecule has 2 aromatic rings. The maximum atomic E-state index is 13.6. The predicted molar refractivity (Wildman–Crippen MR) is 129 cm³/mol. The average molecular weight is 546 g/mol. The van der Waals surface area contributed by atoms with Crippen LogP contribution in [0, 0.1) is 0 Å². The van der Waals surface area contributed by atoms with Crippen LogP contribution in [-0.4, -0.2) is 73.4 Å². The zero-order chi connectivity index (χ0) is 28.1.